The lowest BCUT2D eigenvalue weighted by Gasteiger charge is -2.28. The highest BCUT2D eigenvalue weighted by molar-refractivity contribution is 7.16. The molecular weight excluding hydrogens is 426 g/mol. The molecule has 2 heterocycles. The monoisotopic (exact) mass is 449 g/mol. The Morgan fingerprint density at radius 3 is 2.81 bits per heavy atom. The molecule has 2 aromatic carbocycles. The van der Waals surface area contributed by atoms with Crippen molar-refractivity contribution in [2.45, 2.75) is 13.8 Å². The molecule has 0 saturated carbocycles. The number of nitrogens with one attached hydrogen (secondary N) is 1. The summed E-state index contributed by atoms with van der Waals surface area (Å²) in [6.07, 6.45) is 1.68. The molecule has 2 amide bonds. The summed E-state index contributed by atoms with van der Waals surface area (Å²) in [5.74, 6) is 0.875. The third kappa shape index (κ3) is 4.65. The van der Waals surface area contributed by atoms with E-state index in [-0.39, 0.29) is 25.0 Å². The van der Waals surface area contributed by atoms with Gasteiger partial charge in [0, 0.05) is 17.0 Å². The lowest BCUT2D eigenvalue weighted by Crippen LogP contribution is -2.38. The van der Waals surface area contributed by atoms with Gasteiger partial charge in [-0.2, -0.15) is 0 Å². The standard InChI is InChI=1S/C24H23N3O4S/c1-4-11-27-19-12-17(7-10-20(19)31-14-22(27)29)23-16(3)32-24(26-23)25-21(28)13-30-18-8-5-15(2)6-9-18/h4-10,12H,1,11,13-14H2,2-3H3,(H,25,26,28). The first-order valence-electron chi connectivity index (χ1n) is 10.1. The average molecular weight is 450 g/mol. The molecule has 0 unspecified atom stereocenters. The Hall–Kier alpha value is -3.65. The number of anilines is 2. The summed E-state index contributed by atoms with van der Waals surface area (Å²) in [5, 5.41) is 3.28. The van der Waals surface area contributed by atoms with Gasteiger partial charge in [0.15, 0.2) is 18.3 Å². The maximum Gasteiger partial charge on any atom is 0.265 e. The first-order valence-corrected chi connectivity index (χ1v) is 10.9. The average Bonchev–Trinajstić information content (AvgIpc) is 3.15. The summed E-state index contributed by atoms with van der Waals surface area (Å²) in [6, 6.07) is 13.1. The predicted molar refractivity (Wildman–Crippen MR) is 126 cm³/mol. The van der Waals surface area contributed by atoms with E-state index in [1.165, 1.54) is 11.3 Å². The van der Waals surface area contributed by atoms with Gasteiger partial charge in [-0.3, -0.25) is 14.9 Å². The van der Waals surface area contributed by atoms with Crippen molar-refractivity contribution >= 4 is 34.0 Å². The van der Waals surface area contributed by atoms with E-state index in [0.717, 1.165) is 21.7 Å². The zero-order valence-corrected chi connectivity index (χ0v) is 18.7. The molecule has 4 rings (SSSR count). The van der Waals surface area contributed by atoms with Crippen LogP contribution in [0, 0.1) is 13.8 Å². The second-order valence-corrected chi connectivity index (χ2v) is 8.54. The quantitative estimate of drug-likeness (QED) is 0.542. The highest BCUT2D eigenvalue weighted by Crippen LogP contribution is 2.38. The molecule has 1 aliphatic heterocycles. The molecule has 0 spiro atoms. The Kier molecular flexibility index (Phi) is 6.23. The van der Waals surface area contributed by atoms with Crippen LogP contribution in [0.3, 0.4) is 0 Å². The number of hydrogen-bond donors (Lipinski definition) is 1. The molecule has 32 heavy (non-hydrogen) atoms. The molecule has 0 bridgehead atoms. The molecule has 1 aromatic heterocycles. The fourth-order valence-electron chi connectivity index (χ4n) is 3.34. The van der Waals surface area contributed by atoms with E-state index >= 15 is 0 Å². The van der Waals surface area contributed by atoms with Crippen LogP contribution in [-0.2, 0) is 9.59 Å². The molecule has 0 atom stereocenters. The van der Waals surface area contributed by atoms with E-state index in [2.05, 4.69) is 16.9 Å². The number of aromatic nitrogens is 1. The van der Waals surface area contributed by atoms with Crippen LogP contribution in [0.2, 0.25) is 0 Å². The number of carbonyl (C=O) groups is 2. The largest absolute Gasteiger partial charge is 0.484 e. The number of amides is 2. The van der Waals surface area contributed by atoms with E-state index in [0.29, 0.717) is 28.9 Å². The lowest BCUT2D eigenvalue weighted by molar-refractivity contribution is -0.121. The van der Waals surface area contributed by atoms with Gasteiger partial charge in [-0.25, -0.2) is 4.98 Å². The highest BCUT2D eigenvalue weighted by atomic mass is 32.1. The van der Waals surface area contributed by atoms with Gasteiger partial charge in [-0.15, -0.1) is 17.9 Å². The summed E-state index contributed by atoms with van der Waals surface area (Å²) >= 11 is 1.38. The zero-order valence-electron chi connectivity index (χ0n) is 17.9. The number of aryl methyl sites for hydroxylation is 2. The van der Waals surface area contributed by atoms with Crippen molar-refractivity contribution < 1.29 is 19.1 Å². The van der Waals surface area contributed by atoms with Gasteiger partial charge in [0.05, 0.1) is 11.4 Å². The minimum Gasteiger partial charge on any atom is -0.484 e. The van der Waals surface area contributed by atoms with Crippen molar-refractivity contribution in [2.75, 3.05) is 30.0 Å². The molecular formula is C24H23N3O4S. The van der Waals surface area contributed by atoms with Crippen LogP contribution in [0.4, 0.5) is 10.8 Å². The van der Waals surface area contributed by atoms with Crippen LogP contribution < -0.4 is 19.7 Å². The Labute approximate surface area is 190 Å². The normalized spacial score (nSPS) is 12.7. The van der Waals surface area contributed by atoms with Crippen molar-refractivity contribution in [1.29, 1.82) is 0 Å². The molecule has 7 nitrogen and oxygen atoms in total. The first kappa shape index (κ1) is 21.6. The van der Waals surface area contributed by atoms with Crippen LogP contribution in [-0.4, -0.2) is 36.6 Å². The van der Waals surface area contributed by atoms with Crippen LogP contribution in [0.1, 0.15) is 10.4 Å². The van der Waals surface area contributed by atoms with E-state index < -0.39 is 0 Å². The number of thiazole rings is 1. The van der Waals surface area contributed by atoms with Crippen LogP contribution in [0.15, 0.2) is 55.1 Å². The molecule has 3 aromatic rings. The van der Waals surface area contributed by atoms with Crippen LogP contribution in [0.25, 0.3) is 11.3 Å². The minimum absolute atomic E-state index is 0.0107. The molecule has 0 aliphatic carbocycles. The summed E-state index contributed by atoms with van der Waals surface area (Å²) < 4.78 is 11.1. The summed E-state index contributed by atoms with van der Waals surface area (Å²) in [4.78, 5) is 31.7. The van der Waals surface area contributed by atoms with Crippen molar-refractivity contribution in [3.05, 3.63) is 65.6 Å². The number of rotatable bonds is 7. The Morgan fingerprint density at radius 1 is 1.28 bits per heavy atom. The summed E-state index contributed by atoms with van der Waals surface area (Å²) in [5.41, 5.74) is 3.38. The highest BCUT2D eigenvalue weighted by Gasteiger charge is 2.25. The van der Waals surface area contributed by atoms with Crippen LogP contribution in [0.5, 0.6) is 11.5 Å². The van der Waals surface area contributed by atoms with Gasteiger partial charge in [0.1, 0.15) is 11.5 Å². The van der Waals surface area contributed by atoms with Gasteiger partial charge in [-0.1, -0.05) is 23.8 Å². The molecule has 0 saturated heterocycles. The Morgan fingerprint density at radius 2 is 2.06 bits per heavy atom. The number of nitrogens with zero attached hydrogens (tertiary/aromatic N) is 2. The summed E-state index contributed by atoms with van der Waals surface area (Å²) in [7, 11) is 0. The van der Waals surface area contributed by atoms with E-state index in [9.17, 15) is 9.59 Å². The van der Waals surface area contributed by atoms with Gasteiger partial charge in [0.2, 0.25) is 0 Å². The number of benzene rings is 2. The van der Waals surface area contributed by atoms with E-state index in [1.807, 2.05) is 56.3 Å². The molecule has 0 radical (unpaired) electrons. The molecule has 1 aliphatic rings. The maximum atomic E-state index is 12.3. The van der Waals surface area contributed by atoms with Gasteiger partial charge >= 0.3 is 0 Å². The fourth-order valence-corrected chi connectivity index (χ4v) is 4.19. The van der Waals surface area contributed by atoms with Crippen molar-refractivity contribution in [2.24, 2.45) is 0 Å². The second kappa shape index (κ2) is 9.23. The van der Waals surface area contributed by atoms with Crippen molar-refractivity contribution in [3.8, 4) is 22.8 Å². The third-order valence-corrected chi connectivity index (χ3v) is 5.81. The van der Waals surface area contributed by atoms with Gasteiger partial charge < -0.3 is 14.4 Å². The van der Waals surface area contributed by atoms with Gasteiger partial charge in [-0.05, 0) is 44.2 Å². The topological polar surface area (TPSA) is 80.8 Å². The molecule has 1 N–H and O–H groups in total. The SMILES string of the molecule is C=CCN1C(=O)COc2ccc(-c3nc(NC(=O)COc4ccc(C)cc4)sc3C)cc21. The summed E-state index contributed by atoms with van der Waals surface area (Å²) in [6.45, 7) is 7.96. The van der Waals surface area contributed by atoms with Gasteiger partial charge in [0.25, 0.3) is 11.8 Å². The second-order valence-electron chi connectivity index (χ2n) is 7.34. The smallest absolute Gasteiger partial charge is 0.265 e. The molecule has 164 valence electrons. The van der Waals surface area contributed by atoms with E-state index in [1.54, 1.807) is 11.0 Å². The number of ether oxygens (including phenoxy) is 2. The number of fused-ring (bicyclic) bond motifs is 1. The number of hydrogen-bond acceptors (Lipinski definition) is 6. The Bertz CT molecular complexity index is 1170. The third-order valence-electron chi connectivity index (χ3n) is 4.92. The van der Waals surface area contributed by atoms with Crippen molar-refractivity contribution in [1.82, 2.24) is 4.98 Å². The van der Waals surface area contributed by atoms with Crippen LogP contribution >= 0.6 is 11.3 Å². The van der Waals surface area contributed by atoms with E-state index in [4.69, 9.17) is 9.47 Å². The zero-order chi connectivity index (χ0) is 22.7. The predicted octanol–water partition coefficient (Wildman–Crippen LogP) is 4.36. The molecule has 8 heteroatoms. The van der Waals surface area contributed by atoms with Crippen molar-refractivity contribution in [3.63, 3.8) is 0 Å². The Balaban J connectivity index is 1.48. The lowest BCUT2D eigenvalue weighted by atomic mass is 10.1. The first-order chi connectivity index (χ1) is 15.4. The number of carbonyl (C=O) groups excluding carboxylic acids is 2. The maximum absolute atomic E-state index is 12.3. The minimum atomic E-state index is -0.285. The fraction of sp³-hybridized carbons (Fsp3) is 0.208. The molecule has 0 fully saturated rings.